The molecule has 4 rings (SSSR count). The van der Waals surface area contributed by atoms with E-state index in [1.807, 2.05) is 48.5 Å². The van der Waals surface area contributed by atoms with Gasteiger partial charge in [0.05, 0.1) is 12.8 Å². The van der Waals surface area contributed by atoms with Gasteiger partial charge in [0, 0.05) is 20.1 Å². The van der Waals surface area contributed by atoms with Gasteiger partial charge in [0.2, 0.25) is 0 Å². The minimum atomic E-state index is -0.242. The predicted molar refractivity (Wildman–Crippen MR) is 126 cm³/mol. The average Bonchev–Trinajstić information content (AvgIpc) is 3.07. The fraction of sp³-hybridized carbons (Fsp3) is 0.0435. The summed E-state index contributed by atoms with van der Waals surface area (Å²) in [6, 6.07) is 20.0. The van der Waals surface area contributed by atoms with Gasteiger partial charge in [-0.2, -0.15) is 0 Å². The highest BCUT2D eigenvalue weighted by atomic mass is 79.9. The van der Waals surface area contributed by atoms with Gasteiger partial charge >= 0.3 is 0 Å². The molecule has 0 aliphatic carbocycles. The maximum atomic E-state index is 13.3. The standard InChI is InChI=1S/C23H15BrCl2N2O2/c1-30-19-10-3-14(4-11-19)22-27-21(12-15-2-7-17(25)13-20(15)26)23(29)28(22)18-8-5-16(24)6-9-18/h2-13H,1H3/b21-12+. The molecule has 0 bridgehead atoms. The zero-order valence-corrected chi connectivity index (χ0v) is 18.9. The Morgan fingerprint density at radius 1 is 1.00 bits per heavy atom. The molecule has 0 saturated heterocycles. The quantitative estimate of drug-likeness (QED) is 0.378. The zero-order chi connectivity index (χ0) is 21.3. The molecule has 0 unspecified atom stereocenters. The van der Waals surface area contributed by atoms with Crippen LogP contribution in [0.5, 0.6) is 5.75 Å². The summed E-state index contributed by atoms with van der Waals surface area (Å²) in [7, 11) is 1.61. The summed E-state index contributed by atoms with van der Waals surface area (Å²) in [5, 5.41) is 0.977. The lowest BCUT2D eigenvalue weighted by Gasteiger charge is -2.18. The molecule has 1 aliphatic rings. The summed E-state index contributed by atoms with van der Waals surface area (Å²) < 4.78 is 6.16. The van der Waals surface area contributed by atoms with Gasteiger partial charge in [0.1, 0.15) is 17.3 Å². The van der Waals surface area contributed by atoms with Crippen LogP contribution in [0.15, 0.2) is 81.9 Å². The molecule has 1 heterocycles. The van der Waals surface area contributed by atoms with E-state index in [2.05, 4.69) is 20.9 Å². The predicted octanol–water partition coefficient (Wildman–Crippen LogP) is 6.60. The van der Waals surface area contributed by atoms with Gasteiger partial charge in [-0.3, -0.25) is 9.69 Å². The van der Waals surface area contributed by atoms with E-state index in [0.29, 0.717) is 27.1 Å². The van der Waals surface area contributed by atoms with Crippen LogP contribution in [0.2, 0.25) is 10.0 Å². The summed E-state index contributed by atoms with van der Waals surface area (Å²) in [6.07, 6.45) is 1.67. The number of rotatable bonds is 4. The Bertz CT molecular complexity index is 1170. The van der Waals surface area contributed by atoms with Gasteiger partial charge in [-0.25, -0.2) is 4.99 Å². The second-order valence-corrected chi connectivity index (χ2v) is 8.24. The molecule has 0 radical (unpaired) electrons. The molecular weight excluding hydrogens is 487 g/mol. The van der Waals surface area contributed by atoms with Crippen molar-refractivity contribution in [3.8, 4) is 5.75 Å². The normalized spacial score (nSPS) is 14.9. The lowest BCUT2D eigenvalue weighted by Crippen LogP contribution is -2.32. The maximum Gasteiger partial charge on any atom is 0.282 e. The Hall–Kier alpha value is -2.60. The number of aliphatic imine (C=N–C) groups is 1. The second-order valence-electron chi connectivity index (χ2n) is 6.48. The number of carbonyl (C=O) groups is 1. The van der Waals surface area contributed by atoms with Crippen molar-refractivity contribution in [3.63, 3.8) is 0 Å². The van der Waals surface area contributed by atoms with Crippen LogP contribution in [0.3, 0.4) is 0 Å². The van der Waals surface area contributed by atoms with E-state index < -0.39 is 0 Å². The second kappa shape index (κ2) is 8.64. The number of nitrogens with zero attached hydrogens (tertiary/aromatic N) is 2. The van der Waals surface area contributed by atoms with Gasteiger partial charge in [-0.15, -0.1) is 0 Å². The molecule has 150 valence electrons. The van der Waals surface area contributed by atoms with Gasteiger partial charge < -0.3 is 4.74 Å². The van der Waals surface area contributed by atoms with Crippen molar-refractivity contribution >= 4 is 62.6 Å². The molecule has 0 fully saturated rings. The maximum absolute atomic E-state index is 13.3. The Kier molecular flexibility index (Phi) is 5.95. The van der Waals surface area contributed by atoms with Gasteiger partial charge in [0.25, 0.3) is 5.91 Å². The minimum Gasteiger partial charge on any atom is -0.497 e. The Morgan fingerprint density at radius 2 is 1.70 bits per heavy atom. The average molecular weight is 502 g/mol. The number of benzene rings is 3. The van der Waals surface area contributed by atoms with Crippen molar-refractivity contribution in [3.05, 3.63) is 98.1 Å². The van der Waals surface area contributed by atoms with E-state index in [1.54, 1.807) is 36.3 Å². The molecule has 0 saturated carbocycles. The van der Waals surface area contributed by atoms with Crippen molar-refractivity contribution < 1.29 is 9.53 Å². The molecular formula is C23H15BrCl2N2O2. The Balaban J connectivity index is 1.82. The van der Waals surface area contributed by atoms with Crippen molar-refractivity contribution in [2.45, 2.75) is 0 Å². The van der Waals surface area contributed by atoms with Gasteiger partial charge in [0.15, 0.2) is 0 Å². The summed E-state index contributed by atoms with van der Waals surface area (Å²) in [5.41, 5.74) is 2.45. The van der Waals surface area contributed by atoms with Gasteiger partial charge in [-0.1, -0.05) is 45.2 Å². The van der Waals surface area contributed by atoms with E-state index >= 15 is 0 Å². The third-order valence-corrected chi connectivity index (χ3v) is 5.64. The minimum absolute atomic E-state index is 0.242. The highest BCUT2D eigenvalue weighted by Gasteiger charge is 2.32. The number of amides is 1. The van der Waals surface area contributed by atoms with Crippen LogP contribution in [-0.2, 0) is 4.79 Å². The van der Waals surface area contributed by atoms with E-state index in [-0.39, 0.29) is 11.6 Å². The van der Waals surface area contributed by atoms with Crippen molar-refractivity contribution in [2.24, 2.45) is 4.99 Å². The highest BCUT2D eigenvalue weighted by Crippen LogP contribution is 2.31. The molecule has 1 aliphatic heterocycles. The van der Waals surface area contributed by atoms with E-state index in [0.717, 1.165) is 15.8 Å². The lowest BCUT2D eigenvalue weighted by molar-refractivity contribution is -0.113. The molecule has 30 heavy (non-hydrogen) atoms. The molecule has 0 N–H and O–H groups in total. The monoisotopic (exact) mass is 500 g/mol. The van der Waals surface area contributed by atoms with Crippen LogP contribution in [-0.4, -0.2) is 18.9 Å². The third kappa shape index (κ3) is 4.15. The summed E-state index contributed by atoms with van der Waals surface area (Å²) in [4.78, 5) is 19.5. The summed E-state index contributed by atoms with van der Waals surface area (Å²) in [5.74, 6) is 1.01. The Labute approximate surface area is 192 Å². The number of hydrogen-bond acceptors (Lipinski definition) is 3. The first-order chi connectivity index (χ1) is 14.5. The molecule has 1 amide bonds. The van der Waals surface area contributed by atoms with Crippen molar-refractivity contribution in [2.75, 3.05) is 12.0 Å². The largest absolute Gasteiger partial charge is 0.497 e. The number of amidine groups is 1. The van der Waals surface area contributed by atoms with Crippen molar-refractivity contribution in [1.29, 1.82) is 0 Å². The van der Waals surface area contributed by atoms with Crippen LogP contribution in [0.1, 0.15) is 11.1 Å². The number of ether oxygens (including phenoxy) is 1. The zero-order valence-electron chi connectivity index (χ0n) is 15.8. The first kappa shape index (κ1) is 20.7. The molecule has 7 heteroatoms. The van der Waals surface area contributed by atoms with Crippen LogP contribution < -0.4 is 9.64 Å². The molecule has 3 aromatic rings. The molecule has 3 aromatic carbocycles. The fourth-order valence-electron chi connectivity index (χ4n) is 3.05. The van der Waals surface area contributed by atoms with E-state index in [9.17, 15) is 4.79 Å². The Morgan fingerprint density at radius 3 is 2.33 bits per heavy atom. The lowest BCUT2D eigenvalue weighted by atomic mass is 10.1. The third-order valence-electron chi connectivity index (χ3n) is 4.55. The van der Waals surface area contributed by atoms with Crippen LogP contribution in [0.4, 0.5) is 5.69 Å². The first-order valence-electron chi connectivity index (χ1n) is 8.96. The van der Waals surface area contributed by atoms with Crippen LogP contribution in [0, 0.1) is 0 Å². The number of anilines is 1. The summed E-state index contributed by atoms with van der Waals surface area (Å²) >= 11 is 15.7. The van der Waals surface area contributed by atoms with E-state index in [1.165, 1.54) is 0 Å². The molecule has 4 nitrogen and oxygen atoms in total. The smallest absolute Gasteiger partial charge is 0.282 e. The number of methoxy groups -OCH3 is 1. The molecule has 0 atom stereocenters. The van der Waals surface area contributed by atoms with Crippen LogP contribution >= 0.6 is 39.1 Å². The van der Waals surface area contributed by atoms with Crippen molar-refractivity contribution in [1.82, 2.24) is 0 Å². The SMILES string of the molecule is COc1ccc(C2=N/C(=C/c3ccc(Cl)cc3Cl)C(=O)N2c2ccc(Br)cc2)cc1. The van der Waals surface area contributed by atoms with Gasteiger partial charge in [-0.05, 0) is 72.3 Å². The van der Waals surface area contributed by atoms with E-state index in [4.69, 9.17) is 27.9 Å². The summed E-state index contributed by atoms with van der Waals surface area (Å²) in [6.45, 7) is 0. The number of hydrogen-bond donors (Lipinski definition) is 0. The number of halogens is 3. The highest BCUT2D eigenvalue weighted by molar-refractivity contribution is 9.10. The fourth-order valence-corrected chi connectivity index (χ4v) is 3.77. The molecule has 0 aromatic heterocycles. The first-order valence-corrected chi connectivity index (χ1v) is 10.5. The van der Waals surface area contributed by atoms with Crippen LogP contribution in [0.25, 0.3) is 6.08 Å². The number of carbonyl (C=O) groups excluding carboxylic acids is 1. The molecule has 0 spiro atoms. The topological polar surface area (TPSA) is 41.9 Å².